The minimum atomic E-state index is 0.144. The van der Waals surface area contributed by atoms with E-state index in [0.717, 1.165) is 25.2 Å². The fourth-order valence-electron chi connectivity index (χ4n) is 2.40. The predicted molar refractivity (Wildman–Crippen MR) is 84.7 cm³/mol. The monoisotopic (exact) mass is 295 g/mol. The second kappa shape index (κ2) is 7.35. The van der Waals surface area contributed by atoms with Crippen LogP contribution in [0.1, 0.15) is 30.7 Å². The molecule has 2 unspecified atom stereocenters. The molecule has 19 heavy (non-hydrogen) atoms. The summed E-state index contributed by atoms with van der Waals surface area (Å²) >= 11 is 3.87. The van der Waals surface area contributed by atoms with Gasteiger partial charge in [-0.25, -0.2) is 0 Å². The van der Waals surface area contributed by atoms with Gasteiger partial charge >= 0.3 is 0 Å². The smallest absolute Gasteiger partial charge is 0.0540 e. The summed E-state index contributed by atoms with van der Waals surface area (Å²) in [4.78, 5) is 3.89. The van der Waals surface area contributed by atoms with Crippen molar-refractivity contribution in [3.8, 4) is 11.8 Å². The highest BCUT2D eigenvalue weighted by Crippen LogP contribution is 2.27. The molecule has 0 aromatic carbocycles. The Labute approximate surface area is 124 Å². The van der Waals surface area contributed by atoms with E-state index in [1.54, 1.807) is 11.3 Å². The van der Waals surface area contributed by atoms with Crippen LogP contribution in [0, 0.1) is 11.8 Å². The minimum Gasteiger partial charge on any atom is -0.395 e. The van der Waals surface area contributed by atoms with Crippen LogP contribution in [0.5, 0.6) is 0 Å². The highest BCUT2D eigenvalue weighted by molar-refractivity contribution is 8.00. The maximum atomic E-state index is 8.77. The van der Waals surface area contributed by atoms with Gasteiger partial charge in [-0.15, -0.1) is 11.3 Å². The molecule has 1 aromatic heterocycles. The van der Waals surface area contributed by atoms with Gasteiger partial charge in [-0.2, -0.15) is 11.8 Å². The summed E-state index contributed by atoms with van der Waals surface area (Å²) in [5.74, 6) is 6.19. The normalized spacial score (nSPS) is 23.9. The average molecular weight is 295 g/mol. The molecule has 0 aliphatic carbocycles. The van der Waals surface area contributed by atoms with Crippen LogP contribution < -0.4 is 0 Å². The van der Waals surface area contributed by atoms with E-state index < -0.39 is 0 Å². The van der Waals surface area contributed by atoms with Gasteiger partial charge in [0.1, 0.15) is 0 Å². The summed E-state index contributed by atoms with van der Waals surface area (Å²) in [6, 6.07) is 2.09. The predicted octanol–water partition coefficient (Wildman–Crippen LogP) is 2.81. The molecule has 0 spiro atoms. The third-order valence-corrected chi connectivity index (χ3v) is 5.20. The van der Waals surface area contributed by atoms with Crippen molar-refractivity contribution in [3.63, 3.8) is 0 Å². The van der Waals surface area contributed by atoms with Crippen molar-refractivity contribution in [2.45, 2.75) is 37.3 Å². The molecule has 1 N–H and O–H groups in total. The summed E-state index contributed by atoms with van der Waals surface area (Å²) in [5, 5.41) is 12.3. The molecule has 0 saturated carbocycles. The molecule has 104 valence electrons. The molecular weight excluding hydrogens is 274 g/mol. The first-order chi connectivity index (χ1) is 9.19. The highest BCUT2D eigenvalue weighted by atomic mass is 32.2. The van der Waals surface area contributed by atoms with Crippen molar-refractivity contribution in [2.24, 2.45) is 0 Å². The fraction of sp³-hybridized carbons (Fsp3) is 0.600. The number of nitrogens with zero attached hydrogens (tertiary/aromatic N) is 1. The molecule has 0 amide bonds. The van der Waals surface area contributed by atoms with Crippen LogP contribution in [0.25, 0.3) is 0 Å². The molecule has 1 saturated heterocycles. The van der Waals surface area contributed by atoms with Crippen LogP contribution in [0.3, 0.4) is 0 Å². The average Bonchev–Trinajstić information content (AvgIpc) is 2.76. The summed E-state index contributed by atoms with van der Waals surface area (Å²) in [6.07, 6.45) is 0.559. The van der Waals surface area contributed by atoms with Crippen LogP contribution in [0.4, 0.5) is 0 Å². The van der Waals surface area contributed by atoms with E-state index in [4.69, 9.17) is 5.11 Å². The topological polar surface area (TPSA) is 23.5 Å². The lowest BCUT2D eigenvalue weighted by Gasteiger charge is -2.34. The molecule has 1 aromatic rings. The first-order valence-corrected chi connectivity index (χ1v) is 8.55. The second-order valence-corrected chi connectivity index (χ2v) is 7.87. The van der Waals surface area contributed by atoms with Crippen molar-refractivity contribution >= 4 is 23.1 Å². The van der Waals surface area contributed by atoms with Gasteiger partial charge in [0.25, 0.3) is 0 Å². The Morgan fingerprint density at radius 1 is 1.37 bits per heavy atom. The molecule has 2 nitrogen and oxygen atoms in total. The van der Waals surface area contributed by atoms with Crippen molar-refractivity contribution in [3.05, 3.63) is 21.9 Å². The zero-order valence-corrected chi connectivity index (χ0v) is 13.2. The second-order valence-electron chi connectivity index (χ2n) is 4.98. The van der Waals surface area contributed by atoms with Gasteiger partial charge < -0.3 is 5.11 Å². The Hall–Kier alpha value is -0.470. The Morgan fingerprint density at radius 3 is 2.79 bits per heavy atom. The molecule has 0 radical (unpaired) electrons. The highest BCUT2D eigenvalue weighted by Gasteiger charge is 2.22. The van der Waals surface area contributed by atoms with E-state index in [1.807, 2.05) is 0 Å². The van der Waals surface area contributed by atoms with Gasteiger partial charge in [0.2, 0.25) is 0 Å². The van der Waals surface area contributed by atoms with Gasteiger partial charge in [0.15, 0.2) is 0 Å². The zero-order valence-electron chi connectivity index (χ0n) is 11.6. The minimum absolute atomic E-state index is 0.144. The fourth-order valence-corrected chi connectivity index (χ4v) is 4.66. The van der Waals surface area contributed by atoms with Gasteiger partial charge in [-0.05, 0) is 11.4 Å². The summed E-state index contributed by atoms with van der Waals surface area (Å²) < 4.78 is 0. The quantitative estimate of drug-likeness (QED) is 0.868. The van der Waals surface area contributed by atoms with Crippen LogP contribution in [0.15, 0.2) is 11.4 Å². The van der Waals surface area contributed by atoms with E-state index in [1.165, 1.54) is 4.88 Å². The van der Waals surface area contributed by atoms with E-state index in [-0.39, 0.29) is 6.61 Å². The van der Waals surface area contributed by atoms with Crippen molar-refractivity contribution in [1.29, 1.82) is 0 Å². The van der Waals surface area contributed by atoms with Gasteiger partial charge in [-0.3, -0.25) is 4.90 Å². The number of rotatable bonds is 3. The molecule has 1 fully saturated rings. The van der Waals surface area contributed by atoms with Gasteiger partial charge in [-0.1, -0.05) is 25.7 Å². The maximum absolute atomic E-state index is 8.77. The van der Waals surface area contributed by atoms with Crippen molar-refractivity contribution in [1.82, 2.24) is 4.90 Å². The molecule has 0 bridgehead atoms. The Bertz CT molecular complexity index is 450. The number of hydrogen-bond donors (Lipinski definition) is 1. The largest absolute Gasteiger partial charge is 0.395 e. The van der Waals surface area contributed by atoms with E-state index in [9.17, 15) is 0 Å². The molecular formula is C15H21NOS2. The molecule has 4 heteroatoms. The Kier molecular flexibility index (Phi) is 5.77. The number of aliphatic hydroxyl groups excluding tert-OH is 1. The maximum Gasteiger partial charge on any atom is 0.0540 e. The number of hydrogen-bond acceptors (Lipinski definition) is 4. The third-order valence-electron chi connectivity index (χ3n) is 3.07. The summed E-state index contributed by atoms with van der Waals surface area (Å²) in [6.45, 7) is 8.10. The lowest BCUT2D eigenvalue weighted by molar-refractivity contribution is 0.265. The van der Waals surface area contributed by atoms with Crippen LogP contribution >= 0.6 is 23.1 Å². The number of thiophene rings is 1. The first-order valence-electron chi connectivity index (χ1n) is 6.73. The van der Waals surface area contributed by atoms with Crippen molar-refractivity contribution < 1.29 is 5.11 Å². The van der Waals surface area contributed by atoms with Crippen LogP contribution in [-0.2, 0) is 6.54 Å². The molecule has 2 heterocycles. The Balaban J connectivity index is 1.99. The van der Waals surface area contributed by atoms with Crippen LogP contribution in [-0.4, -0.2) is 40.2 Å². The molecule has 1 aliphatic rings. The Morgan fingerprint density at radius 2 is 2.11 bits per heavy atom. The van der Waals surface area contributed by atoms with Crippen LogP contribution in [0.2, 0.25) is 0 Å². The number of thioether (sulfide) groups is 1. The molecule has 2 atom stereocenters. The number of aliphatic hydroxyl groups is 1. The van der Waals surface area contributed by atoms with E-state index in [0.29, 0.717) is 16.9 Å². The SMILES string of the molecule is CC1CN(Cc2sccc2C#CCCO)CC(C)S1. The third kappa shape index (κ3) is 4.54. The van der Waals surface area contributed by atoms with Gasteiger partial charge in [0, 0.05) is 47.0 Å². The van der Waals surface area contributed by atoms with Gasteiger partial charge in [0.05, 0.1) is 6.61 Å². The summed E-state index contributed by atoms with van der Waals surface area (Å²) in [7, 11) is 0. The molecule has 1 aliphatic heterocycles. The zero-order chi connectivity index (χ0) is 13.7. The first kappa shape index (κ1) is 14.9. The lowest BCUT2D eigenvalue weighted by atomic mass is 10.2. The molecule has 2 rings (SSSR count). The van der Waals surface area contributed by atoms with E-state index in [2.05, 4.69) is 53.8 Å². The summed E-state index contributed by atoms with van der Waals surface area (Å²) in [5.41, 5.74) is 1.14. The van der Waals surface area contributed by atoms with E-state index >= 15 is 0 Å². The standard InChI is InChI=1S/C15H21NOS2/c1-12-9-16(10-13(2)19-12)11-15-14(6-8-18-15)5-3-4-7-17/h6,8,12-13,17H,4,7,9-11H2,1-2H3. The van der Waals surface area contributed by atoms with Crippen molar-refractivity contribution in [2.75, 3.05) is 19.7 Å². The lowest BCUT2D eigenvalue weighted by Crippen LogP contribution is -2.39.